The van der Waals surface area contributed by atoms with Gasteiger partial charge in [0.25, 0.3) is 0 Å². The molecule has 0 radical (unpaired) electrons. The van der Waals surface area contributed by atoms with Crippen molar-refractivity contribution < 1.29 is 9.53 Å². The van der Waals surface area contributed by atoms with E-state index in [4.69, 9.17) is 10.5 Å². The van der Waals surface area contributed by atoms with Crippen molar-refractivity contribution >= 4 is 11.7 Å². The molecule has 0 aliphatic heterocycles. The maximum atomic E-state index is 11.7. The SMILES string of the molecule is CCCCN(CC(C)(N)C(=O)OC)c1ccccc1. The van der Waals surface area contributed by atoms with Crippen molar-refractivity contribution in [1.82, 2.24) is 0 Å². The molecule has 0 spiro atoms. The van der Waals surface area contributed by atoms with E-state index in [9.17, 15) is 4.79 Å². The second-order valence-electron chi connectivity index (χ2n) is 5.02. The quantitative estimate of drug-likeness (QED) is 0.767. The monoisotopic (exact) mass is 264 g/mol. The van der Waals surface area contributed by atoms with Crippen LogP contribution >= 0.6 is 0 Å². The number of ether oxygens (including phenoxy) is 1. The number of rotatable bonds is 7. The number of nitrogens with zero attached hydrogens (tertiary/aromatic N) is 1. The van der Waals surface area contributed by atoms with Crippen molar-refractivity contribution in [2.75, 3.05) is 25.1 Å². The fourth-order valence-corrected chi connectivity index (χ4v) is 1.98. The van der Waals surface area contributed by atoms with Gasteiger partial charge in [-0.05, 0) is 25.5 Å². The Morgan fingerprint density at radius 3 is 2.53 bits per heavy atom. The van der Waals surface area contributed by atoms with Crippen LogP contribution in [0.1, 0.15) is 26.7 Å². The standard InChI is InChI=1S/C15H24N2O2/c1-4-5-11-17(13-9-7-6-8-10-13)12-15(2,16)14(18)19-3/h6-10H,4-5,11-12,16H2,1-3H3. The Bertz CT molecular complexity index is 390. The van der Waals surface area contributed by atoms with Gasteiger partial charge in [-0.15, -0.1) is 0 Å². The van der Waals surface area contributed by atoms with Crippen LogP contribution in [-0.2, 0) is 9.53 Å². The van der Waals surface area contributed by atoms with Crippen LogP contribution in [0.4, 0.5) is 5.69 Å². The molecule has 0 saturated carbocycles. The Balaban J connectivity index is 2.84. The van der Waals surface area contributed by atoms with Gasteiger partial charge in [0.2, 0.25) is 0 Å². The molecule has 1 unspecified atom stereocenters. The summed E-state index contributed by atoms with van der Waals surface area (Å²) in [6.07, 6.45) is 2.16. The molecule has 2 N–H and O–H groups in total. The predicted octanol–water partition coefficient (Wildman–Crippen LogP) is 2.18. The normalized spacial score (nSPS) is 13.7. The Morgan fingerprint density at radius 1 is 1.37 bits per heavy atom. The second kappa shape index (κ2) is 7.14. The molecule has 4 heteroatoms. The van der Waals surface area contributed by atoms with Gasteiger partial charge in [0.1, 0.15) is 5.54 Å². The number of hydrogen-bond donors (Lipinski definition) is 1. The lowest BCUT2D eigenvalue weighted by Gasteiger charge is -2.32. The lowest BCUT2D eigenvalue weighted by atomic mass is 10.0. The maximum absolute atomic E-state index is 11.7. The zero-order valence-electron chi connectivity index (χ0n) is 12.1. The fourth-order valence-electron chi connectivity index (χ4n) is 1.98. The van der Waals surface area contributed by atoms with Gasteiger partial charge in [0.15, 0.2) is 0 Å². The molecule has 4 nitrogen and oxygen atoms in total. The van der Waals surface area contributed by atoms with E-state index in [-0.39, 0.29) is 5.97 Å². The highest BCUT2D eigenvalue weighted by molar-refractivity contribution is 5.80. The van der Waals surface area contributed by atoms with Gasteiger partial charge >= 0.3 is 5.97 Å². The van der Waals surface area contributed by atoms with Crippen molar-refractivity contribution in [2.45, 2.75) is 32.2 Å². The average Bonchev–Trinajstić information content (AvgIpc) is 2.43. The van der Waals surface area contributed by atoms with Gasteiger partial charge in [-0.1, -0.05) is 31.5 Å². The highest BCUT2D eigenvalue weighted by Gasteiger charge is 2.31. The summed E-state index contributed by atoms with van der Waals surface area (Å²) in [6, 6.07) is 10.0. The molecule has 1 aromatic carbocycles. The van der Waals surface area contributed by atoms with Gasteiger partial charge in [-0.25, -0.2) is 0 Å². The molecular formula is C15H24N2O2. The largest absolute Gasteiger partial charge is 0.468 e. The zero-order valence-corrected chi connectivity index (χ0v) is 12.1. The van der Waals surface area contributed by atoms with E-state index >= 15 is 0 Å². The van der Waals surface area contributed by atoms with Crippen LogP contribution in [-0.4, -0.2) is 31.7 Å². The van der Waals surface area contributed by atoms with Gasteiger partial charge in [0.05, 0.1) is 7.11 Å². The Kier molecular flexibility index (Phi) is 5.83. The Morgan fingerprint density at radius 2 is 2.00 bits per heavy atom. The number of para-hydroxylation sites is 1. The van der Waals surface area contributed by atoms with E-state index < -0.39 is 5.54 Å². The fraction of sp³-hybridized carbons (Fsp3) is 0.533. The molecule has 0 amide bonds. The van der Waals surface area contributed by atoms with Gasteiger partial charge in [-0.2, -0.15) is 0 Å². The van der Waals surface area contributed by atoms with Crippen LogP contribution in [0.25, 0.3) is 0 Å². The second-order valence-corrected chi connectivity index (χ2v) is 5.02. The summed E-state index contributed by atoms with van der Waals surface area (Å²) < 4.78 is 4.77. The summed E-state index contributed by atoms with van der Waals surface area (Å²) in [5.74, 6) is -0.384. The first-order chi connectivity index (χ1) is 9.01. The number of unbranched alkanes of at least 4 members (excludes halogenated alkanes) is 1. The van der Waals surface area contributed by atoms with Crippen molar-refractivity contribution in [3.05, 3.63) is 30.3 Å². The summed E-state index contributed by atoms with van der Waals surface area (Å²) in [5.41, 5.74) is 6.14. The third-order valence-electron chi connectivity index (χ3n) is 3.07. The number of anilines is 1. The highest BCUT2D eigenvalue weighted by Crippen LogP contribution is 2.17. The summed E-state index contributed by atoms with van der Waals surface area (Å²) in [5, 5.41) is 0. The van der Waals surface area contributed by atoms with E-state index in [2.05, 4.69) is 11.8 Å². The molecule has 0 aliphatic rings. The smallest absolute Gasteiger partial charge is 0.327 e. The van der Waals surface area contributed by atoms with Crippen LogP contribution in [0.15, 0.2) is 30.3 Å². The van der Waals surface area contributed by atoms with Crippen LogP contribution in [0, 0.1) is 0 Å². The minimum atomic E-state index is -1.00. The molecule has 0 saturated heterocycles. The number of nitrogens with two attached hydrogens (primary N) is 1. The molecule has 1 atom stereocenters. The maximum Gasteiger partial charge on any atom is 0.327 e. The van der Waals surface area contributed by atoms with Gasteiger partial charge in [0, 0.05) is 18.8 Å². The molecule has 0 bridgehead atoms. The molecule has 0 aromatic heterocycles. The lowest BCUT2D eigenvalue weighted by Crippen LogP contribution is -2.54. The van der Waals surface area contributed by atoms with Crippen LogP contribution in [0.2, 0.25) is 0 Å². The molecular weight excluding hydrogens is 240 g/mol. The van der Waals surface area contributed by atoms with Crippen LogP contribution in [0.3, 0.4) is 0 Å². The molecule has 1 rings (SSSR count). The summed E-state index contributed by atoms with van der Waals surface area (Å²) in [4.78, 5) is 13.8. The molecule has 0 aliphatic carbocycles. The molecule has 0 fully saturated rings. The minimum Gasteiger partial charge on any atom is -0.468 e. The first-order valence-corrected chi connectivity index (χ1v) is 6.68. The van der Waals surface area contributed by atoms with Crippen LogP contribution in [0.5, 0.6) is 0 Å². The minimum absolute atomic E-state index is 0.384. The highest BCUT2D eigenvalue weighted by atomic mass is 16.5. The van der Waals surface area contributed by atoms with E-state index in [1.165, 1.54) is 7.11 Å². The predicted molar refractivity (Wildman–Crippen MR) is 78.2 cm³/mol. The van der Waals surface area contributed by atoms with E-state index in [0.29, 0.717) is 6.54 Å². The van der Waals surface area contributed by atoms with E-state index in [0.717, 1.165) is 25.1 Å². The molecule has 1 aromatic rings. The Hall–Kier alpha value is -1.55. The first-order valence-electron chi connectivity index (χ1n) is 6.68. The van der Waals surface area contributed by atoms with Crippen LogP contribution < -0.4 is 10.6 Å². The van der Waals surface area contributed by atoms with Crippen molar-refractivity contribution in [3.8, 4) is 0 Å². The first kappa shape index (κ1) is 15.5. The number of esters is 1. The molecule has 19 heavy (non-hydrogen) atoms. The number of carbonyl (C=O) groups excluding carboxylic acids is 1. The third kappa shape index (κ3) is 4.56. The summed E-state index contributed by atoms with van der Waals surface area (Å²) in [7, 11) is 1.37. The Labute approximate surface area is 115 Å². The molecule has 106 valence electrons. The number of hydrogen-bond acceptors (Lipinski definition) is 4. The van der Waals surface area contributed by atoms with Crippen molar-refractivity contribution in [1.29, 1.82) is 0 Å². The van der Waals surface area contributed by atoms with E-state index in [1.807, 2.05) is 30.3 Å². The van der Waals surface area contributed by atoms with Crippen molar-refractivity contribution in [2.24, 2.45) is 5.73 Å². The third-order valence-corrected chi connectivity index (χ3v) is 3.07. The number of methoxy groups -OCH3 is 1. The lowest BCUT2D eigenvalue weighted by molar-refractivity contribution is -0.146. The topological polar surface area (TPSA) is 55.6 Å². The van der Waals surface area contributed by atoms with Gasteiger partial charge in [-0.3, -0.25) is 4.79 Å². The van der Waals surface area contributed by atoms with Crippen molar-refractivity contribution in [3.63, 3.8) is 0 Å². The summed E-state index contributed by atoms with van der Waals surface area (Å²) >= 11 is 0. The van der Waals surface area contributed by atoms with Gasteiger partial charge < -0.3 is 15.4 Å². The number of carbonyl (C=O) groups is 1. The summed E-state index contributed by atoms with van der Waals surface area (Å²) in [6.45, 7) is 5.18. The van der Waals surface area contributed by atoms with E-state index in [1.54, 1.807) is 6.92 Å². The zero-order chi connectivity index (χ0) is 14.3. The molecule has 0 heterocycles. The average molecular weight is 264 g/mol. The number of benzene rings is 1.